The zero-order valence-corrected chi connectivity index (χ0v) is 26.6. The van der Waals surface area contributed by atoms with Crippen molar-refractivity contribution in [3.05, 3.63) is 111 Å². The van der Waals surface area contributed by atoms with Gasteiger partial charge in [0.25, 0.3) is 0 Å². The summed E-state index contributed by atoms with van der Waals surface area (Å²) >= 11 is -0.826. The van der Waals surface area contributed by atoms with E-state index in [9.17, 15) is 0 Å². The molecule has 5 unspecified atom stereocenters. The minimum atomic E-state index is -0.826. The molecule has 4 aliphatic rings. The molecule has 0 bridgehead atoms. The Hall–Kier alpha value is -0.617. The van der Waals surface area contributed by atoms with E-state index in [1.807, 2.05) is 0 Å². The first-order valence-corrected chi connectivity index (χ1v) is 19.3. The molecule has 3 heteroatoms. The maximum absolute atomic E-state index is 4.93. The van der Waals surface area contributed by atoms with E-state index < -0.39 is 20.8 Å². The van der Waals surface area contributed by atoms with Crippen LogP contribution in [0.15, 0.2) is 90.6 Å². The fourth-order valence-corrected chi connectivity index (χ4v) is 7.87. The summed E-state index contributed by atoms with van der Waals surface area (Å²) in [5.41, 5.74) is 4.71. The zero-order valence-electron chi connectivity index (χ0n) is 22.6. The quantitative estimate of drug-likeness (QED) is 0.224. The molecule has 5 rings (SSSR count). The third-order valence-corrected chi connectivity index (χ3v) is 8.99. The molecule has 194 valence electrons. The van der Waals surface area contributed by atoms with Gasteiger partial charge < -0.3 is 14.9 Å². The fraction of sp³-hybridized carbons (Fsp3) is 0.455. The molecule has 2 fully saturated rings. The van der Waals surface area contributed by atoms with Crippen LogP contribution in [-0.2, 0) is 26.3 Å². The summed E-state index contributed by atoms with van der Waals surface area (Å²) in [6, 6.07) is 11.7. The predicted octanol–water partition coefficient (Wildman–Crippen LogP) is 10.5. The van der Waals surface area contributed by atoms with Crippen LogP contribution in [0.25, 0.3) is 0 Å². The first-order chi connectivity index (χ1) is 16.6. The van der Waals surface area contributed by atoms with Crippen LogP contribution in [0, 0.1) is 50.4 Å². The van der Waals surface area contributed by atoms with E-state index in [4.69, 9.17) is 17.0 Å². The second-order valence-electron chi connectivity index (χ2n) is 10.7. The van der Waals surface area contributed by atoms with Crippen LogP contribution in [0.4, 0.5) is 0 Å². The second kappa shape index (κ2) is 14.5. The Bertz CT molecular complexity index is 913. The number of hydrogen-bond acceptors (Lipinski definition) is 0. The standard InChI is InChI=1S/C31H38.2CH3.2ClH.Zr/c1-4-5-19-31(25-13-9-10-14-25,24-11-7-6-8-12-24)30-28-20-22(2)15-17-26(28)27-18-16-23(3)21-29(27)30;;;;;/h4,6-8,11-12,15-18,20-21,25-30H,1,5,9-10,13-14,19H2,2-3H3;2*1H3;2*1H;/q;2*-1;;;+4/p-2. The molecule has 0 saturated heterocycles. The molecule has 4 aliphatic carbocycles. The molecule has 0 radical (unpaired) electrons. The molecule has 0 heterocycles. The van der Waals surface area contributed by atoms with Crippen molar-refractivity contribution in [1.82, 2.24) is 0 Å². The Labute approximate surface area is 240 Å². The van der Waals surface area contributed by atoms with Crippen LogP contribution in [0.5, 0.6) is 0 Å². The Morgan fingerprint density at radius 1 is 0.889 bits per heavy atom. The van der Waals surface area contributed by atoms with Crippen LogP contribution in [-0.4, -0.2) is 0 Å². The number of rotatable bonds is 6. The van der Waals surface area contributed by atoms with Crippen molar-refractivity contribution in [3.63, 3.8) is 0 Å². The van der Waals surface area contributed by atoms with Gasteiger partial charge in [0.2, 0.25) is 0 Å². The molecule has 0 aliphatic heterocycles. The molecule has 0 spiro atoms. The van der Waals surface area contributed by atoms with Gasteiger partial charge in [-0.1, -0.05) is 96.9 Å². The molecule has 2 saturated carbocycles. The molecule has 0 amide bonds. The van der Waals surface area contributed by atoms with E-state index in [0.29, 0.717) is 29.6 Å². The molecular weight excluding hydrogens is 558 g/mol. The zero-order chi connectivity index (χ0) is 24.1. The number of allylic oxidation sites excluding steroid dienone is 9. The van der Waals surface area contributed by atoms with Crippen molar-refractivity contribution in [3.8, 4) is 0 Å². The van der Waals surface area contributed by atoms with Gasteiger partial charge >= 0.3 is 37.9 Å². The molecule has 0 N–H and O–H groups in total. The molecule has 36 heavy (non-hydrogen) atoms. The predicted molar refractivity (Wildman–Crippen MR) is 157 cm³/mol. The number of benzene rings is 1. The van der Waals surface area contributed by atoms with E-state index in [0.717, 1.165) is 12.3 Å². The van der Waals surface area contributed by atoms with Crippen LogP contribution >= 0.6 is 17.0 Å². The fourth-order valence-electron chi connectivity index (χ4n) is 7.87. The topological polar surface area (TPSA) is 0 Å². The van der Waals surface area contributed by atoms with Crippen LogP contribution in [0.3, 0.4) is 0 Å². The van der Waals surface area contributed by atoms with Gasteiger partial charge in [-0.3, -0.25) is 0 Å². The van der Waals surface area contributed by atoms with Gasteiger partial charge in [-0.25, -0.2) is 0 Å². The monoisotopic (exact) mass is 600 g/mol. The number of hydrogen-bond donors (Lipinski definition) is 0. The summed E-state index contributed by atoms with van der Waals surface area (Å²) in [5, 5.41) is 0. The van der Waals surface area contributed by atoms with Crippen LogP contribution < -0.4 is 0 Å². The first-order valence-electron chi connectivity index (χ1n) is 12.9. The first kappa shape index (κ1) is 31.6. The average molecular weight is 603 g/mol. The van der Waals surface area contributed by atoms with E-state index in [2.05, 4.69) is 93.3 Å². The SMILES string of the molecule is C=CCCC(c1ccccc1)(C1CCCC1)C1C2C=C(C)C=CC2C2C=CC(C)=CC21.[CH3-].[CH3-].[Cl][Zr+2][Cl]. The summed E-state index contributed by atoms with van der Waals surface area (Å²) in [7, 11) is 9.87. The average Bonchev–Trinajstić information content (AvgIpc) is 3.48. The Morgan fingerprint density at radius 3 is 1.86 bits per heavy atom. The normalized spacial score (nSPS) is 29.5. The van der Waals surface area contributed by atoms with Crippen molar-refractivity contribution in [1.29, 1.82) is 0 Å². The Morgan fingerprint density at radius 2 is 1.39 bits per heavy atom. The van der Waals surface area contributed by atoms with Crippen molar-refractivity contribution in [2.24, 2.45) is 35.5 Å². The van der Waals surface area contributed by atoms with Crippen LogP contribution in [0.2, 0.25) is 0 Å². The molecule has 0 nitrogen and oxygen atoms in total. The van der Waals surface area contributed by atoms with E-state index in [-0.39, 0.29) is 20.3 Å². The Balaban J connectivity index is 0.000000871. The van der Waals surface area contributed by atoms with Gasteiger partial charge in [0.05, 0.1) is 0 Å². The summed E-state index contributed by atoms with van der Waals surface area (Å²) in [6.07, 6.45) is 25.2. The summed E-state index contributed by atoms with van der Waals surface area (Å²) in [4.78, 5) is 0. The molecule has 0 aromatic heterocycles. The number of halogens is 2. The third-order valence-electron chi connectivity index (χ3n) is 8.99. The summed E-state index contributed by atoms with van der Waals surface area (Å²) in [5.74, 6) is 3.93. The van der Waals surface area contributed by atoms with E-state index in [1.54, 1.807) is 5.56 Å². The van der Waals surface area contributed by atoms with Crippen molar-refractivity contribution in [2.75, 3.05) is 0 Å². The summed E-state index contributed by atoms with van der Waals surface area (Å²) in [6.45, 7) is 8.75. The maximum atomic E-state index is 4.93. The summed E-state index contributed by atoms with van der Waals surface area (Å²) < 4.78 is 0. The third kappa shape index (κ3) is 6.16. The van der Waals surface area contributed by atoms with Crippen molar-refractivity contribution in [2.45, 2.75) is 57.8 Å². The van der Waals surface area contributed by atoms with Gasteiger partial charge in [-0.05, 0) is 80.6 Å². The second-order valence-corrected chi connectivity index (χ2v) is 14.4. The van der Waals surface area contributed by atoms with Gasteiger partial charge in [0, 0.05) is 5.41 Å². The number of fused-ring (bicyclic) bond motifs is 3. The molecule has 5 atom stereocenters. The molecular formula is C33H44Cl2Zr. The van der Waals surface area contributed by atoms with Crippen LogP contribution in [0.1, 0.15) is 57.9 Å². The van der Waals surface area contributed by atoms with Gasteiger partial charge in [0.15, 0.2) is 0 Å². The van der Waals surface area contributed by atoms with E-state index >= 15 is 0 Å². The van der Waals surface area contributed by atoms with Gasteiger partial charge in [-0.15, -0.1) is 6.58 Å². The van der Waals surface area contributed by atoms with Gasteiger partial charge in [0.1, 0.15) is 0 Å². The minimum absolute atomic E-state index is 0. The molecule has 1 aromatic carbocycles. The van der Waals surface area contributed by atoms with Gasteiger partial charge in [-0.2, -0.15) is 0 Å². The van der Waals surface area contributed by atoms with E-state index in [1.165, 1.54) is 43.3 Å². The molecule has 1 aromatic rings. The van der Waals surface area contributed by atoms with Crippen molar-refractivity contribution >= 4 is 17.0 Å². The van der Waals surface area contributed by atoms with Crippen molar-refractivity contribution < 1.29 is 20.8 Å². The Kier molecular flexibility index (Phi) is 12.7.